The summed E-state index contributed by atoms with van der Waals surface area (Å²) in [6.45, 7) is 2.37. The Morgan fingerprint density at radius 2 is 1.93 bits per heavy atom. The molecule has 3 aliphatic rings. The van der Waals surface area contributed by atoms with Crippen LogP contribution in [0.25, 0.3) is 0 Å². The lowest BCUT2D eigenvalue weighted by molar-refractivity contribution is -0.262. The van der Waals surface area contributed by atoms with Crippen molar-refractivity contribution in [2.45, 2.75) is 57.5 Å². The molecule has 86 valence electrons. The zero-order valence-electron chi connectivity index (χ0n) is 9.51. The van der Waals surface area contributed by atoms with Gasteiger partial charge in [-0.15, -0.1) is 0 Å². The van der Waals surface area contributed by atoms with Crippen LogP contribution in [-0.4, -0.2) is 23.2 Å². The van der Waals surface area contributed by atoms with E-state index in [9.17, 15) is 9.90 Å². The maximum atomic E-state index is 10.6. The van der Waals surface area contributed by atoms with Crippen LogP contribution in [0.3, 0.4) is 0 Å². The molecule has 0 heterocycles. The monoisotopic (exact) mass is 211 g/mol. The molecule has 0 aromatic carbocycles. The van der Waals surface area contributed by atoms with Gasteiger partial charge >= 0.3 is 0 Å². The quantitative estimate of drug-likeness (QED) is 0.656. The third kappa shape index (κ3) is 2.33. The molecule has 3 heteroatoms. The number of hydrogen-bond acceptors (Lipinski definition) is 2. The average Bonchev–Trinajstić information content (AvgIpc) is 2.05. The molecule has 0 spiro atoms. The van der Waals surface area contributed by atoms with E-state index in [0.717, 1.165) is 32.2 Å². The summed E-state index contributed by atoms with van der Waals surface area (Å²) >= 11 is 0. The molecule has 3 aliphatic carbocycles. The van der Waals surface area contributed by atoms with E-state index in [1.54, 1.807) is 6.92 Å². The molecule has 15 heavy (non-hydrogen) atoms. The van der Waals surface area contributed by atoms with Gasteiger partial charge in [0.1, 0.15) is 0 Å². The summed E-state index contributed by atoms with van der Waals surface area (Å²) in [6.07, 6.45) is 7.94. The highest BCUT2D eigenvalue weighted by molar-refractivity contribution is 5.72. The second kappa shape index (κ2) is 3.78. The molecular formula is C12H21NO2. The molecule has 0 saturated heterocycles. The first-order valence-corrected chi connectivity index (χ1v) is 6.01. The number of carbonyl (C=O) groups excluding carboxylic acids is 1. The van der Waals surface area contributed by atoms with Gasteiger partial charge in [0, 0.05) is 13.5 Å². The molecule has 0 radical (unpaired) electrons. The maximum absolute atomic E-state index is 10.6. The Balaban J connectivity index is 1.45. The van der Waals surface area contributed by atoms with Crippen LogP contribution in [0.1, 0.15) is 51.9 Å². The molecule has 0 unspecified atom stereocenters. The van der Waals surface area contributed by atoms with Crippen LogP contribution in [0.5, 0.6) is 0 Å². The average molecular weight is 211 g/mol. The van der Waals surface area contributed by atoms with E-state index in [1.165, 1.54) is 19.3 Å². The summed E-state index contributed by atoms with van der Waals surface area (Å²) in [7, 11) is 0. The largest absolute Gasteiger partial charge is 0.390 e. The van der Waals surface area contributed by atoms with Crippen LogP contribution in [-0.2, 0) is 4.79 Å². The van der Waals surface area contributed by atoms with E-state index in [2.05, 4.69) is 5.32 Å². The molecule has 0 aromatic rings. The first-order valence-electron chi connectivity index (χ1n) is 6.01. The van der Waals surface area contributed by atoms with Gasteiger partial charge in [0.25, 0.3) is 0 Å². The van der Waals surface area contributed by atoms with Gasteiger partial charge in [-0.05, 0) is 37.5 Å². The van der Waals surface area contributed by atoms with Gasteiger partial charge in [0.15, 0.2) is 0 Å². The second-order valence-electron chi connectivity index (χ2n) is 5.55. The molecule has 0 aromatic heterocycles. The van der Waals surface area contributed by atoms with E-state index < -0.39 is 0 Å². The fourth-order valence-corrected chi connectivity index (χ4v) is 3.27. The lowest BCUT2D eigenvalue weighted by Crippen LogP contribution is -2.66. The number of amides is 1. The first-order chi connectivity index (χ1) is 7.04. The van der Waals surface area contributed by atoms with Gasteiger partial charge in [0.2, 0.25) is 5.91 Å². The fourth-order valence-electron chi connectivity index (χ4n) is 3.27. The highest BCUT2D eigenvalue weighted by atomic mass is 16.3. The highest BCUT2D eigenvalue weighted by Gasteiger charge is 2.66. The summed E-state index contributed by atoms with van der Waals surface area (Å²) in [5.74, 6) is 0.0663. The number of nitrogens with one attached hydrogen (secondary N) is 1. The number of rotatable bonds is 6. The predicted molar refractivity (Wildman–Crippen MR) is 58.4 cm³/mol. The van der Waals surface area contributed by atoms with Crippen LogP contribution in [0, 0.1) is 5.41 Å². The van der Waals surface area contributed by atoms with Crippen molar-refractivity contribution in [3.8, 4) is 0 Å². The zero-order chi connectivity index (χ0) is 10.9. The van der Waals surface area contributed by atoms with Crippen molar-refractivity contribution in [3.05, 3.63) is 0 Å². The minimum Gasteiger partial charge on any atom is -0.390 e. The molecule has 0 atom stereocenters. The van der Waals surface area contributed by atoms with Crippen molar-refractivity contribution < 1.29 is 9.90 Å². The molecule has 3 nitrogen and oxygen atoms in total. The number of carbonyl (C=O) groups is 1. The van der Waals surface area contributed by atoms with Crippen molar-refractivity contribution in [3.63, 3.8) is 0 Å². The van der Waals surface area contributed by atoms with Crippen molar-refractivity contribution in [1.82, 2.24) is 5.32 Å². The Hall–Kier alpha value is -0.570. The van der Waals surface area contributed by atoms with Gasteiger partial charge in [-0.25, -0.2) is 0 Å². The first kappa shape index (κ1) is 10.9. The zero-order valence-corrected chi connectivity index (χ0v) is 9.51. The standard InChI is InChI=1S/C12H21NO2/c1-10(14)13-6-4-2-3-5-11-7-12(15,8-11)9-11/h15H,2-9H2,1H3,(H,13,14). The van der Waals surface area contributed by atoms with E-state index in [-0.39, 0.29) is 11.5 Å². The molecule has 0 aliphatic heterocycles. The topological polar surface area (TPSA) is 49.3 Å². The van der Waals surface area contributed by atoms with Gasteiger partial charge < -0.3 is 10.4 Å². The van der Waals surface area contributed by atoms with Gasteiger partial charge in [-0.1, -0.05) is 12.8 Å². The SMILES string of the molecule is CC(=O)NCCCCCC12CC(O)(C1)C2. The smallest absolute Gasteiger partial charge is 0.216 e. The summed E-state index contributed by atoms with van der Waals surface area (Å²) in [6, 6.07) is 0. The molecule has 3 rings (SSSR count). The molecule has 1 amide bonds. The Morgan fingerprint density at radius 3 is 2.47 bits per heavy atom. The molecule has 3 fully saturated rings. The summed E-state index contributed by atoms with van der Waals surface area (Å²) in [5.41, 5.74) is 0.291. The van der Waals surface area contributed by atoms with Crippen LogP contribution >= 0.6 is 0 Å². The number of aliphatic hydroxyl groups is 1. The number of unbranched alkanes of at least 4 members (excludes halogenated alkanes) is 2. The third-order valence-corrected chi connectivity index (χ3v) is 3.87. The Bertz CT molecular complexity index is 243. The molecule has 2 bridgehead atoms. The summed E-state index contributed by atoms with van der Waals surface area (Å²) in [4.78, 5) is 10.6. The van der Waals surface area contributed by atoms with Crippen molar-refractivity contribution >= 4 is 5.91 Å². The van der Waals surface area contributed by atoms with Gasteiger partial charge in [0.05, 0.1) is 5.60 Å². The van der Waals surface area contributed by atoms with Crippen LogP contribution < -0.4 is 5.32 Å². The van der Waals surface area contributed by atoms with Crippen molar-refractivity contribution in [2.24, 2.45) is 5.41 Å². The predicted octanol–water partition coefficient (Wildman–Crippen LogP) is 1.60. The summed E-state index contributed by atoms with van der Waals surface area (Å²) in [5, 5.41) is 12.4. The van der Waals surface area contributed by atoms with Crippen LogP contribution in [0.15, 0.2) is 0 Å². The maximum Gasteiger partial charge on any atom is 0.216 e. The lowest BCUT2D eigenvalue weighted by atomic mass is 9.40. The van der Waals surface area contributed by atoms with Crippen molar-refractivity contribution in [2.75, 3.05) is 6.54 Å². The molecule has 3 saturated carbocycles. The van der Waals surface area contributed by atoms with Crippen LogP contribution in [0.4, 0.5) is 0 Å². The summed E-state index contributed by atoms with van der Waals surface area (Å²) < 4.78 is 0. The minimum absolute atomic E-state index is 0.0663. The van der Waals surface area contributed by atoms with E-state index in [0.29, 0.717) is 5.41 Å². The Kier molecular flexibility index (Phi) is 2.75. The molecule has 2 N–H and O–H groups in total. The second-order valence-corrected chi connectivity index (χ2v) is 5.55. The van der Waals surface area contributed by atoms with E-state index >= 15 is 0 Å². The Labute approximate surface area is 91.2 Å². The van der Waals surface area contributed by atoms with Gasteiger partial charge in [-0.3, -0.25) is 4.79 Å². The van der Waals surface area contributed by atoms with E-state index in [4.69, 9.17) is 0 Å². The van der Waals surface area contributed by atoms with Crippen LogP contribution in [0.2, 0.25) is 0 Å². The number of hydrogen-bond donors (Lipinski definition) is 2. The highest BCUT2D eigenvalue weighted by Crippen LogP contribution is 2.69. The molecular weight excluding hydrogens is 190 g/mol. The normalized spacial score (nSPS) is 36.7. The third-order valence-electron chi connectivity index (χ3n) is 3.87. The van der Waals surface area contributed by atoms with Crippen molar-refractivity contribution in [1.29, 1.82) is 0 Å². The fraction of sp³-hybridized carbons (Fsp3) is 0.917. The minimum atomic E-state index is -0.240. The van der Waals surface area contributed by atoms with E-state index in [1.807, 2.05) is 0 Å². The van der Waals surface area contributed by atoms with Gasteiger partial charge in [-0.2, -0.15) is 0 Å². The Morgan fingerprint density at radius 1 is 1.27 bits per heavy atom. The lowest BCUT2D eigenvalue weighted by Gasteiger charge is -2.68.